The number of ketones is 2. The maximum Gasteiger partial charge on any atom is 0.329 e. The van der Waals surface area contributed by atoms with E-state index in [4.69, 9.17) is 28.4 Å². The van der Waals surface area contributed by atoms with Crippen LogP contribution in [-0.4, -0.2) is 126 Å². The number of hydrogen-bond acceptors (Lipinski definition) is 14. The quantitative estimate of drug-likeness (QED) is 0.0272. The van der Waals surface area contributed by atoms with Gasteiger partial charge in [-0.3, -0.25) is 24.0 Å². The summed E-state index contributed by atoms with van der Waals surface area (Å²) in [6, 6.07) is -1.18. The molecule has 1 unspecified atom stereocenters. The van der Waals surface area contributed by atoms with Crippen LogP contribution in [0.15, 0.2) is 48.1 Å². The maximum atomic E-state index is 14.6. The number of piperidine rings is 1. The summed E-state index contributed by atoms with van der Waals surface area (Å²) in [6.07, 6.45) is 26.8. The molecule has 14 atom stereocenters. The van der Waals surface area contributed by atoms with Gasteiger partial charge in [-0.15, -0.1) is 6.58 Å². The summed E-state index contributed by atoms with van der Waals surface area (Å²) in [5.74, 6) is -8.86. The Labute approximate surface area is 487 Å². The predicted molar refractivity (Wildman–Crippen MR) is 314 cm³/mol. The summed E-state index contributed by atoms with van der Waals surface area (Å²) >= 11 is 0. The predicted octanol–water partition coefficient (Wildman–Crippen LogP) is 12.2. The summed E-state index contributed by atoms with van der Waals surface area (Å²) in [4.78, 5) is 84.3. The highest BCUT2D eigenvalue weighted by Crippen LogP contribution is 2.40. The number of aliphatic hydroxyl groups is 2. The van der Waals surface area contributed by atoms with E-state index in [1.807, 2.05) is 39.8 Å². The molecule has 2 saturated heterocycles. The molecule has 1 saturated carbocycles. The average Bonchev–Trinajstić information content (AvgIpc) is 3.52. The lowest BCUT2D eigenvalue weighted by Gasteiger charge is -2.47. The van der Waals surface area contributed by atoms with Crippen molar-refractivity contribution in [3.63, 3.8) is 0 Å². The molecule has 4 aliphatic rings. The van der Waals surface area contributed by atoms with E-state index < -0.39 is 89.7 Å². The van der Waals surface area contributed by atoms with Gasteiger partial charge in [-0.05, 0) is 133 Å². The number of rotatable bonds is 26. The van der Waals surface area contributed by atoms with Gasteiger partial charge in [0.1, 0.15) is 30.1 Å². The van der Waals surface area contributed by atoms with Crippen LogP contribution >= 0.6 is 0 Å². The van der Waals surface area contributed by atoms with Crippen molar-refractivity contribution < 1.29 is 67.4 Å². The van der Waals surface area contributed by atoms with Crippen LogP contribution < -0.4 is 0 Å². The van der Waals surface area contributed by atoms with Crippen LogP contribution in [0.25, 0.3) is 0 Å². The molecule has 460 valence electrons. The third-order valence-corrected chi connectivity index (χ3v) is 17.6. The highest BCUT2D eigenvalue weighted by atomic mass is 16.7. The van der Waals surface area contributed by atoms with Crippen LogP contribution in [0, 0.1) is 35.5 Å². The Hall–Kier alpha value is -4.02. The molecule has 4 rings (SSSR count). The van der Waals surface area contributed by atoms with E-state index in [9.17, 15) is 39.0 Å². The molecular weight excluding hydrogens is 1030 g/mol. The average molecular weight is 1140 g/mol. The summed E-state index contributed by atoms with van der Waals surface area (Å²) < 4.78 is 35.8. The van der Waals surface area contributed by atoms with Crippen molar-refractivity contribution in [2.45, 2.75) is 270 Å². The van der Waals surface area contributed by atoms with Crippen molar-refractivity contribution in [3.8, 4) is 0 Å². The number of carbonyl (C=O) groups is 6. The van der Waals surface area contributed by atoms with Gasteiger partial charge in [-0.2, -0.15) is 0 Å². The number of hydrogen-bond donors (Lipinski definition) is 2. The molecule has 15 nitrogen and oxygen atoms in total. The van der Waals surface area contributed by atoms with Crippen LogP contribution in [-0.2, 0) is 57.2 Å². The molecule has 0 aromatic rings. The SMILES string of the molecule is C=CC[C@@H]1/C=C(\C)C[C@H](C)C[C@H](OC)[C@H]2O[C@@](O)(C(=O)C(=O)N3CCCC[C@H]3C(=O)O[C@H](/C(C)=C/C3CC[C@@H](OC(=O)CCC(=O)OCCCCCCCC/C=C\CCCCCCCC)[C@H](C)C3)[C@H](C)[C@@H](O)CC1=O)[C@H](C)C[C@@H]2OC. The lowest BCUT2D eigenvalue weighted by Crippen LogP contribution is -2.64. The van der Waals surface area contributed by atoms with Gasteiger partial charge in [0.25, 0.3) is 11.7 Å². The fourth-order valence-corrected chi connectivity index (χ4v) is 12.7. The van der Waals surface area contributed by atoms with Gasteiger partial charge in [0.05, 0.1) is 37.8 Å². The van der Waals surface area contributed by atoms with Crippen LogP contribution in [0.5, 0.6) is 0 Å². The summed E-state index contributed by atoms with van der Waals surface area (Å²) in [7, 11) is 3.05. The second kappa shape index (κ2) is 36.6. The number of methoxy groups -OCH3 is 2. The number of Topliss-reactive ketones (excluding diaryl/α,β-unsaturated/α-hetero) is 2. The Morgan fingerprint density at radius 1 is 0.802 bits per heavy atom. The summed E-state index contributed by atoms with van der Waals surface area (Å²) in [6.45, 7) is 17.8. The lowest BCUT2D eigenvalue weighted by molar-refractivity contribution is -0.302. The zero-order chi connectivity index (χ0) is 59.5. The second-order valence-corrected chi connectivity index (χ2v) is 24.6. The van der Waals surface area contributed by atoms with Crippen molar-refractivity contribution >= 4 is 35.4 Å². The molecule has 0 spiro atoms. The molecule has 0 radical (unpaired) electrons. The Morgan fingerprint density at radius 3 is 2.07 bits per heavy atom. The van der Waals surface area contributed by atoms with Crippen LogP contribution in [0.4, 0.5) is 0 Å². The molecule has 15 heteroatoms. The molecular formula is C66H107NO14. The third kappa shape index (κ3) is 22.5. The van der Waals surface area contributed by atoms with Gasteiger partial charge in [0.15, 0.2) is 0 Å². The summed E-state index contributed by atoms with van der Waals surface area (Å²) in [5, 5.41) is 24.1. The topological polar surface area (TPSA) is 201 Å². The number of aliphatic hydroxyl groups excluding tert-OH is 1. The van der Waals surface area contributed by atoms with Crippen molar-refractivity contribution in [3.05, 3.63) is 48.1 Å². The van der Waals surface area contributed by atoms with E-state index in [1.54, 1.807) is 19.9 Å². The minimum atomic E-state index is -2.54. The number of esters is 3. The smallest absolute Gasteiger partial charge is 0.329 e. The Balaban J connectivity index is 1.39. The maximum absolute atomic E-state index is 14.6. The first-order valence-electron chi connectivity index (χ1n) is 31.5. The Kier molecular flexibility index (Phi) is 31.4. The van der Waals surface area contributed by atoms with Crippen molar-refractivity contribution in [2.75, 3.05) is 27.4 Å². The molecule has 2 bridgehead atoms. The third-order valence-electron chi connectivity index (χ3n) is 17.6. The number of ether oxygens (including phenoxy) is 6. The van der Waals surface area contributed by atoms with Gasteiger partial charge in [0, 0.05) is 44.9 Å². The van der Waals surface area contributed by atoms with Crippen molar-refractivity contribution in [1.82, 2.24) is 4.90 Å². The fourth-order valence-electron chi connectivity index (χ4n) is 12.7. The van der Waals surface area contributed by atoms with Gasteiger partial charge in [0.2, 0.25) is 5.79 Å². The van der Waals surface area contributed by atoms with Gasteiger partial charge >= 0.3 is 17.9 Å². The molecule has 3 aliphatic heterocycles. The van der Waals surface area contributed by atoms with Crippen LogP contribution in [0.2, 0.25) is 0 Å². The minimum absolute atomic E-state index is 0.0125. The molecule has 1 amide bonds. The number of nitrogens with zero attached hydrogens (tertiary/aromatic N) is 1. The van der Waals surface area contributed by atoms with Crippen LogP contribution in [0.1, 0.15) is 222 Å². The van der Waals surface area contributed by atoms with E-state index >= 15 is 0 Å². The molecule has 0 aromatic heterocycles. The highest BCUT2D eigenvalue weighted by Gasteiger charge is 2.56. The number of amides is 1. The molecule has 1 aliphatic carbocycles. The van der Waals surface area contributed by atoms with E-state index in [0.29, 0.717) is 63.5 Å². The largest absolute Gasteiger partial charge is 0.466 e. The number of carbonyl (C=O) groups excluding carboxylic acids is 6. The van der Waals surface area contributed by atoms with E-state index in [2.05, 4.69) is 25.7 Å². The normalized spacial score (nSPS) is 32.3. The van der Waals surface area contributed by atoms with E-state index in [-0.39, 0.29) is 68.3 Å². The lowest BCUT2D eigenvalue weighted by atomic mass is 9.78. The number of fused-ring (bicyclic) bond motifs is 3. The number of unbranched alkanes of at least 4 members (excludes halogenated alkanes) is 12. The molecule has 3 fully saturated rings. The number of allylic oxidation sites excluding steroid dienone is 6. The van der Waals surface area contributed by atoms with Gasteiger partial charge in [-0.1, -0.05) is 128 Å². The summed E-state index contributed by atoms with van der Waals surface area (Å²) in [5.41, 5.74) is 1.59. The number of cyclic esters (lactones) is 1. The standard InChI is InChI=1S/C66H107NO14/c1-11-13-14-15-16-17-18-19-20-21-22-23-24-25-26-29-37-78-59(70)34-35-60(71)79-56-33-32-51(41-47(56)5)42-48(6)61-50(8)54(68)44-55(69)52(30-12-2)39-45(3)38-46(4)40-57(76-9)62-58(77-10)43-49(7)66(75,81-62)63(72)64(73)67-36-28-27-31-53(67)65(74)80-61/h12,19-20,39,42,46-47,49-54,56-58,61-62,68,75H,2,11,13-18,21-38,40-41,43-44H2,1,3-10H3/b20-19-,45-39+,48-42+/t46-,47+,49+,50+,51?,52+,53-,54-,56+,57-,58-,61+,62+,66+/m0/s1. The van der Waals surface area contributed by atoms with Gasteiger partial charge in [-0.25, -0.2) is 4.79 Å². The van der Waals surface area contributed by atoms with E-state index in [0.717, 1.165) is 31.3 Å². The van der Waals surface area contributed by atoms with Gasteiger partial charge < -0.3 is 43.5 Å². The van der Waals surface area contributed by atoms with E-state index in [1.165, 1.54) is 83.3 Å². The first kappa shape index (κ1) is 69.5. The first-order chi connectivity index (χ1) is 38.8. The highest BCUT2D eigenvalue weighted by molar-refractivity contribution is 6.39. The minimum Gasteiger partial charge on any atom is -0.466 e. The molecule has 2 N–H and O–H groups in total. The van der Waals surface area contributed by atoms with Crippen molar-refractivity contribution in [2.24, 2.45) is 35.5 Å². The fraction of sp³-hybridized carbons (Fsp3) is 0.788. The van der Waals surface area contributed by atoms with Crippen molar-refractivity contribution in [1.29, 1.82) is 0 Å². The zero-order valence-electron chi connectivity index (χ0n) is 51.3. The Bertz CT molecular complexity index is 2070. The second-order valence-electron chi connectivity index (χ2n) is 24.6. The van der Waals surface area contributed by atoms with Crippen LogP contribution in [0.3, 0.4) is 0 Å². The molecule has 3 heterocycles. The monoisotopic (exact) mass is 1140 g/mol. The molecule has 81 heavy (non-hydrogen) atoms. The molecule has 0 aromatic carbocycles. The zero-order valence-corrected chi connectivity index (χ0v) is 51.3. The Morgan fingerprint density at radius 2 is 1.43 bits per heavy atom. The first-order valence-corrected chi connectivity index (χ1v) is 31.5.